The Morgan fingerprint density at radius 3 is 2.56 bits per heavy atom. The van der Waals surface area contributed by atoms with Crippen LogP contribution >= 0.6 is 0 Å². The summed E-state index contributed by atoms with van der Waals surface area (Å²) in [5.41, 5.74) is 1.44. The molecule has 2 aliphatic carbocycles. The van der Waals surface area contributed by atoms with Crippen LogP contribution in [0.5, 0.6) is 0 Å². The van der Waals surface area contributed by atoms with Gasteiger partial charge in [0.2, 0.25) is 0 Å². The predicted octanol–water partition coefficient (Wildman–Crippen LogP) is 5.78. The normalized spacial score (nSPS) is 37.5. The smallest absolute Gasteiger partial charge is 0.0947 e. The minimum Gasteiger partial charge on any atom is -0.472 e. The van der Waals surface area contributed by atoms with Crippen LogP contribution in [0.1, 0.15) is 85.1 Å². The number of hydrogen-bond acceptors (Lipinski definition) is 3. The van der Waals surface area contributed by atoms with Crippen molar-refractivity contribution in [3.63, 3.8) is 0 Å². The van der Waals surface area contributed by atoms with E-state index in [2.05, 4.69) is 39.9 Å². The molecule has 3 rings (SSSR count). The molecule has 0 spiro atoms. The highest BCUT2D eigenvalue weighted by Gasteiger charge is 2.61. The Morgan fingerprint density at radius 2 is 1.89 bits per heavy atom. The SMILES string of the molecule is CC(C)CCC[C@@H](C)[C@H]1CC[C@@]2(C)[C@H](O)[C@@H](NCc3ccoc3)CC[C@]12C. The first-order valence-electron chi connectivity index (χ1n) is 11.2. The fourth-order valence-electron chi connectivity index (χ4n) is 6.31. The van der Waals surface area contributed by atoms with Crippen molar-refractivity contribution in [3.05, 3.63) is 24.2 Å². The van der Waals surface area contributed by atoms with Crippen molar-refractivity contribution in [2.45, 2.75) is 98.3 Å². The van der Waals surface area contributed by atoms with Crippen LogP contribution in [-0.2, 0) is 6.54 Å². The summed E-state index contributed by atoms with van der Waals surface area (Å²) in [7, 11) is 0. The number of hydrogen-bond donors (Lipinski definition) is 2. The molecule has 3 nitrogen and oxygen atoms in total. The van der Waals surface area contributed by atoms with Gasteiger partial charge in [-0.15, -0.1) is 0 Å². The molecule has 2 fully saturated rings. The van der Waals surface area contributed by atoms with Gasteiger partial charge in [0.1, 0.15) is 0 Å². The lowest BCUT2D eigenvalue weighted by molar-refractivity contribution is -0.113. The van der Waals surface area contributed by atoms with Crippen molar-refractivity contribution < 1.29 is 9.52 Å². The Morgan fingerprint density at radius 1 is 1.15 bits per heavy atom. The summed E-state index contributed by atoms with van der Waals surface area (Å²) < 4.78 is 5.17. The van der Waals surface area contributed by atoms with Gasteiger partial charge in [-0.1, -0.05) is 53.9 Å². The zero-order chi connectivity index (χ0) is 19.7. The van der Waals surface area contributed by atoms with E-state index in [1.54, 1.807) is 12.5 Å². The van der Waals surface area contributed by atoms with Crippen LogP contribution < -0.4 is 5.32 Å². The summed E-state index contributed by atoms with van der Waals surface area (Å²) in [6, 6.07) is 2.19. The lowest BCUT2D eigenvalue weighted by Gasteiger charge is -2.55. The zero-order valence-electron chi connectivity index (χ0n) is 18.1. The Labute approximate surface area is 166 Å². The van der Waals surface area contributed by atoms with E-state index in [9.17, 15) is 5.11 Å². The molecular weight excluding hydrogens is 334 g/mol. The number of nitrogens with one attached hydrogen (secondary N) is 1. The Balaban J connectivity index is 1.63. The first kappa shape index (κ1) is 20.9. The number of rotatable bonds is 8. The van der Waals surface area contributed by atoms with Crippen molar-refractivity contribution in [2.75, 3.05) is 0 Å². The molecule has 0 unspecified atom stereocenters. The van der Waals surface area contributed by atoms with Crippen LogP contribution in [0, 0.1) is 28.6 Å². The van der Waals surface area contributed by atoms with Gasteiger partial charge in [0.25, 0.3) is 0 Å². The lowest BCUT2D eigenvalue weighted by atomic mass is 9.53. The molecule has 2 aliphatic rings. The van der Waals surface area contributed by atoms with Crippen LogP contribution in [0.2, 0.25) is 0 Å². The highest BCUT2D eigenvalue weighted by molar-refractivity contribution is 5.13. The number of aliphatic hydroxyl groups excluding tert-OH is 1. The average molecular weight is 376 g/mol. The molecule has 0 bridgehead atoms. The van der Waals surface area contributed by atoms with Gasteiger partial charge in [0, 0.05) is 23.6 Å². The Hall–Kier alpha value is -0.800. The summed E-state index contributed by atoms with van der Waals surface area (Å²) in [4.78, 5) is 0. The lowest BCUT2D eigenvalue weighted by Crippen LogP contribution is -2.58. The van der Waals surface area contributed by atoms with E-state index in [0.717, 1.165) is 42.7 Å². The minimum atomic E-state index is -0.268. The van der Waals surface area contributed by atoms with Gasteiger partial charge in [0.05, 0.1) is 18.6 Å². The monoisotopic (exact) mass is 375 g/mol. The van der Waals surface area contributed by atoms with Gasteiger partial charge in [-0.05, 0) is 54.9 Å². The molecule has 0 amide bonds. The van der Waals surface area contributed by atoms with E-state index in [4.69, 9.17) is 4.42 Å². The Kier molecular flexibility index (Phi) is 6.42. The third-order valence-corrected chi connectivity index (χ3v) is 8.38. The van der Waals surface area contributed by atoms with Crippen LogP contribution in [0.15, 0.2) is 23.0 Å². The van der Waals surface area contributed by atoms with E-state index >= 15 is 0 Å². The number of aliphatic hydroxyl groups is 1. The summed E-state index contributed by atoms with van der Waals surface area (Å²) in [6.07, 6.45) is 12.0. The van der Waals surface area contributed by atoms with E-state index in [1.165, 1.54) is 32.1 Å². The maximum absolute atomic E-state index is 11.4. The molecule has 0 aromatic carbocycles. The van der Waals surface area contributed by atoms with Crippen molar-refractivity contribution in [1.29, 1.82) is 0 Å². The van der Waals surface area contributed by atoms with Gasteiger partial charge >= 0.3 is 0 Å². The van der Waals surface area contributed by atoms with Gasteiger partial charge in [-0.2, -0.15) is 0 Å². The molecule has 3 heteroatoms. The summed E-state index contributed by atoms with van der Waals surface area (Å²) in [6.45, 7) is 12.8. The van der Waals surface area contributed by atoms with Crippen molar-refractivity contribution in [2.24, 2.45) is 28.6 Å². The Bertz CT molecular complexity index is 583. The molecule has 2 saturated carbocycles. The number of furan rings is 1. The predicted molar refractivity (Wildman–Crippen MR) is 111 cm³/mol. The molecule has 1 aromatic heterocycles. The van der Waals surface area contributed by atoms with Gasteiger partial charge in [0.15, 0.2) is 0 Å². The van der Waals surface area contributed by atoms with Crippen LogP contribution in [0.4, 0.5) is 0 Å². The van der Waals surface area contributed by atoms with E-state index in [0.29, 0.717) is 0 Å². The topological polar surface area (TPSA) is 45.4 Å². The van der Waals surface area contributed by atoms with Crippen LogP contribution in [0.3, 0.4) is 0 Å². The minimum absolute atomic E-state index is 0.0241. The van der Waals surface area contributed by atoms with Crippen molar-refractivity contribution in [1.82, 2.24) is 5.32 Å². The molecule has 27 heavy (non-hydrogen) atoms. The maximum atomic E-state index is 11.4. The van der Waals surface area contributed by atoms with Gasteiger partial charge in [-0.3, -0.25) is 0 Å². The fraction of sp³-hybridized carbons (Fsp3) is 0.833. The molecule has 0 aliphatic heterocycles. The van der Waals surface area contributed by atoms with E-state index in [-0.39, 0.29) is 23.0 Å². The third-order valence-electron chi connectivity index (χ3n) is 8.38. The average Bonchev–Trinajstić information content (AvgIpc) is 3.21. The van der Waals surface area contributed by atoms with E-state index in [1.807, 2.05) is 6.07 Å². The fourth-order valence-corrected chi connectivity index (χ4v) is 6.31. The number of fused-ring (bicyclic) bond motifs is 1. The van der Waals surface area contributed by atoms with Crippen LogP contribution in [0.25, 0.3) is 0 Å². The quantitative estimate of drug-likeness (QED) is 0.605. The molecule has 2 N–H and O–H groups in total. The third kappa shape index (κ3) is 4.00. The van der Waals surface area contributed by atoms with Crippen LogP contribution in [-0.4, -0.2) is 17.3 Å². The van der Waals surface area contributed by atoms with Crippen molar-refractivity contribution >= 4 is 0 Å². The molecule has 1 heterocycles. The summed E-state index contributed by atoms with van der Waals surface area (Å²) in [5.74, 6) is 2.32. The zero-order valence-corrected chi connectivity index (χ0v) is 18.1. The highest BCUT2D eigenvalue weighted by Crippen LogP contribution is 2.65. The molecule has 1 aromatic rings. The maximum Gasteiger partial charge on any atom is 0.0947 e. The first-order chi connectivity index (χ1) is 12.8. The molecule has 0 radical (unpaired) electrons. The molecule has 154 valence electrons. The van der Waals surface area contributed by atoms with Crippen molar-refractivity contribution in [3.8, 4) is 0 Å². The molecular formula is C24H41NO2. The largest absolute Gasteiger partial charge is 0.472 e. The molecule has 0 saturated heterocycles. The first-order valence-corrected chi connectivity index (χ1v) is 11.2. The van der Waals surface area contributed by atoms with E-state index < -0.39 is 0 Å². The van der Waals surface area contributed by atoms with Gasteiger partial charge in [-0.25, -0.2) is 0 Å². The second kappa shape index (κ2) is 8.29. The second-order valence-corrected chi connectivity index (χ2v) is 10.4. The molecule has 6 atom stereocenters. The van der Waals surface area contributed by atoms with Gasteiger partial charge < -0.3 is 14.8 Å². The summed E-state index contributed by atoms with van der Waals surface area (Å²) in [5, 5.41) is 15.0. The highest BCUT2D eigenvalue weighted by atomic mass is 16.3. The standard InChI is InChI=1S/C24H41NO2/c1-17(2)7-6-8-18(3)20-9-12-24(5)22(26)21(10-13-23(20,24)4)25-15-19-11-14-27-16-19/h11,14,16-18,20-22,25-26H,6-10,12-13,15H2,1-5H3/t18-,20-,21+,22-,23-,24+/m1/s1. The second-order valence-electron chi connectivity index (χ2n) is 10.4. The summed E-state index contributed by atoms with van der Waals surface area (Å²) >= 11 is 0.